The van der Waals surface area contributed by atoms with Gasteiger partial charge in [0, 0.05) is 13.1 Å². The number of hydrogen-bond acceptors (Lipinski definition) is 3. The summed E-state index contributed by atoms with van der Waals surface area (Å²) >= 11 is 0. The average molecular weight is 408 g/mol. The third-order valence-corrected chi connectivity index (χ3v) is 5.59. The normalized spacial score (nSPS) is 18.4. The van der Waals surface area contributed by atoms with Crippen molar-refractivity contribution in [3.63, 3.8) is 0 Å². The minimum absolute atomic E-state index is 0.246. The molecular formula is C24H29N3O3. The lowest BCUT2D eigenvalue weighted by Crippen LogP contribution is -2.45. The van der Waals surface area contributed by atoms with E-state index in [2.05, 4.69) is 5.32 Å². The Balaban J connectivity index is 1.79. The highest BCUT2D eigenvalue weighted by molar-refractivity contribution is 6.09. The van der Waals surface area contributed by atoms with Gasteiger partial charge in [-0.05, 0) is 24.5 Å². The average Bonchev–Trinajstić information content (AvgIpc) is 3.02. The third kappa shape index (κ3) is 4.37. The largest absolute Gasteiger partial charge is 0.337 e. The van der Waals surface area contributed by atoms with Crippen molar-refractivity contribution >= 4 is 17.8 Å². The van der Waals surface area contributed by atoms with Gasteiger partial charge in [-0.2, -0.15) is 0 Å². The first-order valence-electron chi connectivity index (χ1n) is 10.5. The molecule has 4 amide bonds. The molecule has 0 radical (unpaired) electrons. The van der Waals surface area contributed by atoms with E-state index < -0.39 is 11.6 Å². The summed E-state index contributed by atoms with van der Waals surface area (Å²) in [5, 5.41) is 2.90. The van der Waals surface area contributed by atoms with Gasteiger partial charge < -0.3 is 10.2 Å². The van der Waals surface area contributed by atoms with Crippen molar-refractivity contribution in [2.24, 2.45) is 0 Å². The summed E-state index contributed by atoms with van der Waals surface area (Å²) in [6.07, 6.45) is 2.19. The Kier molecular flexibility index (Phi) is 6.87. The summed E-state index contributed by atoms with van der Waals surface area (Å²) in [5.41, 5.74) is 0.653. The molecule has 6 heteroatoms. The second-order valence-corrected chi connectivity index (χ2v) is 7.59. The number of nitrogens with one attached hydrogen (secondary N) is 1. The molecular weight excluding hydrogens is 378 g/mol. The Hall–Kier alpha value is -3.15. The maximum Gasteiger partial charge on any atom is 0.325 e. The Morgan fingerprint density at radius 1 is 1.00 bits per heavy atom. The molecule has 1 unspecified atom stereocenters. The molecule has 0 aromatic heterocycles. The predicted octanol–water partition coefficient (Wildman–Crippen LogP) is 3.67. The number of nitrogens with zero attached hydrogens (tertiary/aromatic N) is 2. The molecule has 158 valence electrons. The van der Waals surface area contributed by atoms with Crippen LogP contribution in [0.2, 0.25) is 0 Å². The molecule has 2 aromatic rings. The standard InChI is InChI=1S/C24H29N3O3/c1-3-5-16-24(20-14-10-7-11-15-20)22(29)27(23(30)25-24)18-21(28)26(4-2)17-19-12-8-6-9-13-19/h6-15H,3-5,16-18H2,1-2H3,(H,25,30). The molecule has 30 heavy (non-hydrogen) atoms. The molecule has 1 saturated heterocycles. The first-order valence-corrected chi connectivity index (χ1v) is 10.5. The van der Waals surface area contributed by atoms with Crippen molar-refractivity contribution in [3.8, 4) is 0 Å². The van der Waals surface area contributed by atoms with Gasteiger partial charge in [-0.25, -0.2) is 4.79 Å². The summed E-state index contributed by atoms with van der Waals surface area (Å²) < 4.78 is 0. The van der Waals surface area contributed by atoms with E-state index in [4.69, 9.17) is 0 Å². The zero-order chi connectivity index (χ0) is 21.6. The first-order chi connectivity index (χ1) is 14.5. The van der Waals surface area contributed by atoms with Crippen LogP contribution in [0.4, 0.5) is 4.79 Å². The highest BCUT2D eigenvalue weighted by Crippen LogP contribution is 2.34. The number of unbranched alkanes of at least 4 members (excludes halogenated alkanes) is 1. The second kappa shape index (κ2) is 9.57. The minimum Gasteiger partial charge on any atom is -0.337 e. The zero-order valence-electron chi connectivity index (χ0n) is 17.6. The Morgan fingerprint density at radius 2 is 1.63 bits per heavy atom. The van der Waals surface area contributed by atoms with Gasteiger partial charge in [0.2, 0.25) is 5.91 Å². The van der Waals surface area contributed by atoms with Crippen LogP contribution in [-0.2, 0) is 21.7 Å². The molecule has 0 bridgehead atoms. The van der Waals surface area contributed by atoms with Crippen LogP contribution < -0.4 is 5.32 Å². The van der Waals surface area contributed by atoms with Gasteiger partial charge in [0.15, 0.2) is 0 Å². The van der Waals surface area contributed by atoms with Gasteiger partial charge >= 0.3 is 6.03 Å². The number of hydrogen-bond donors (Lipinski definition) is 1. The second-order valence-electron chi connectivity index (χ2n) is 7.59. The summed E-state index contributed by atoms with van der Waals surface area (Å²) in [6.45, 7) is 4.62. The summed E-state index contributed by atoms with van der Waals surface area (Å²) in [7, 11) is 0. The van der Waals surface area contributed by atoms with E-state index in [9.17, 15) is 14.4 Å². The summed E-state index contributed by atoms with van der Waals surface area (Å²) in [5.74, 6) is -0.597. The smallest absolute Gasteiger partial charge is 0.325 e. The van der Waals surface area contributed by atoms with Gasteiger partial charge in [-0.1, -0.05) is 80.4 Å². The molecule has 1 aliphatic heterocycles. The summed E-state index contributed by atoms with van der Waals surface area (Å²) in [4.78, 5) is 41.9. The number of amides is 4. The SMILES string of the molecule is CCCCC1(c2ccccc2)NC(=O)N(CC(=O)N(CC)Cc2ccccc2)C1=O. The number of likely N-dealkylation sites (N-methyl/N-ethyl adjacent to an activating group) is 1. The molecule has 1 heterocycles. The molecule has 1 atom stereocenters. The molecule has 2 aromatic carbocycles. The fraction of sp³-hybridized carbons (Fsp3) is 0.375. The van der Waals surface area contributed by atoms with Crippen LogP contribution in [0.1, 0.15) is 44.2 Å². The van der Waals surface area contributed by atoms with E-state index in [1.165, 1.54) is 0 Å². The number of imide groups is 1. The maximum atomic E-state index is 13.4. The van der Waals surface area contributed by atoms with Gasteiger partial charge in [-0.3, -0.25) is 14.5 Å². The molecule has 1 aliphatic rings. The monoisotopic (exact) mass is 407 g/mol. The van der Waals surface area contributed by atoms with Crippen molar-refractivity contribution < 1.29 is 14.4 Å². The van der Waals surface area contributed by atoms with Crippen molar-refractivity contribution in [1.29, 1.82) is 0 Å². The lowest BCUT2D eigenvalue weighted by Gasteiger charge is -2.28. The number of benzene rings is 2. The highest BCUT2D eigenvalue weighted by atomic mass is 16.2. The lowest BCUT2D eigenvalue weighted by molar-refractivity contribution is -0.139. The van der Waals surface area contributed by atoms with E-state index in [-0.39, 0.29) is 18.4 Å². The third-order valence-electron chi connectivity index (χ3n) is 5.59. The molecule has 0 saturated carbocycles. The molecule has 1 fully saturated rings. The Labute approximate surface area is 177 Å². The van der Waals surface area contributed by atoms with Gasteiger partial charge in [0.1, 0.15) is 12.1 Å². The number of carbonyl (C=O) groups excluding carboxylic acids is 3. The van der Waals surface area contributed by atoms with E-state index in [1.54, 1.807) is 4.90 Å². The quantitative estimate of drug-likeness (QED) is 0.645. The highest BCUT2D eigenvalue weighted by Gasteiger charge is 2.52. The number of carbonyl (C=O) groups is 3. The molecule has 1 N–H and O–H groups in total. The zero-order valence-corrected chi connectivity index (χ0v) is 17.6. The van der Waals surface area contributed by atoms with E-state index in [0.29, 0.717) is 19.5 Å². The van der Waals surface area contributed by atoms with Crippen LogP contribution in [0.15, 0.2) is 60.7 Å². The van der Waals surface area contributed by atoms with Crippen LogP contribution in [0.3, 0.4) is 0 Å². The van der Waals surface area contributed by atoms with E-state index in [1.807, 2.05) is 74.5 Å². The maximum absolute atomic E-state index is 13.4. The van der Waals surface area contributed by atoms with Crippen molar-refractivity contribution in [1.82, 2.24) is 15.1 Å². The van der Waals surface area contributed by atoms with E-state index >= 15 is 0 Å². The number of urea groups is 1. The van der Waals surface area contributed by atoms with Crippen molar-refractivity contribution in [3.05, 3.63) is 71.8 Å². The van der Waals surface area contributed by atoms with Crippen LogP contribution >= 0.6 is 0 Å². The Morgan fingerprint density at radius 3 is 2.23 bits per heavy atom. The topological polar surface area (TPSA) is 69.7 Å². The van der Waals surface area contributed by atoms with Crippen LogP contribution in [0.25, 0.3) is 0 Å². The van der Waals surface area contributed by atoms with Gasteiger partial charge in [-0.15, -0.1) is 0 Å². The number of rotatable bonds is 9. The molecule has 0 aliphatic carbocycles. The minimum atomic E-state index is -1.11. The predicted molar refractivity (Wildman–Crippen MR) is 115 cm³/mol. The van der Waals surface area contributed by atoms with Crippen molar-refractivity contribution in [2.75, 3.05) is 13.1 Å². The fourth-order valence-electron chi connectivity index (χ4n) is 3.86. The fourth-order valence-corrected chi connectivity index (χ4v) is 3.86. The summed E-state index contributed by atoms with van der Waals surface area (Å²) in [6, 6.07) is 18.5. The molecule has 0 spiro atoms. The lowest BCUT2D eigenvalue weighted by atomic mass is 9.85. The van der Waals surface area contributed by atoms with Crippen LogP contribution in [0, 0.1) is 0 Å². The van der Waals surface area contributed by atoms with Gasteiger partial charge in [0.25, 0.3) is 5.91 Å². The molecule has 6 nitrogen and oxygen atoms in total. The molecule has 3 rings (SSSR count). The first kappa shape index (κ1) is 21.6. The Bertz CT molecular complexity index is 885. The van der Waals surface area contributed by atoms with Crippen LogP contribution in [0.5, 0.6) is 0 Å². The van der Waals surface area contributed by atoms with Crippen molar-refractivity contribution in [2.45, 2.75) is 45.2 Å². The van der Waals surface area contributed by atoms with Gasteiger partial charge in [0.05, 0.1) is 0 Å². The van der Waals surface area contributed by atoms with Crippen LogP contribution in [-0.4, -0.2) is 40.7 Å². The van der Waals surface area contributed by atoms with E-state index in [0.717, 1.165) is 28.9 Å².